The number of nitrogens with zero attached hydrogens (tertiary/aromatic N) is 4. The van der Waals surface area contributed by atoms with Gasteiger partial charge in [0, 0.05) is 11.4 Å². The van der Waals surface area contributed by atoms with Crippen molar-refractivity contribution in [2.24, 2.45) is 0 Å². The van der Waals surface area contributed by atoms with Crippen molar-refractivity contribution in [3.8, 4) is 0 Å². The van der Waals surface area contributed by atoms with E-state index in [2.05, 4.69) is 15.1 Å². The highest BCUT2D eigenvalue weighted by atomic mass is 16.4. The molecule has 0 unspecified atom stereocenters. The topological polar surface area (TPSA) is 83.2 Å². The van der Waals surface area contributed by atoms with Crippen molar-refractivity contribution >= 4 is 11.7 Å². The van der Waals surface area contributed by atoms with Gasteiger partial charge in [0.05, 0.1) is 0 Å². The highest BCUT2D eigenvalue weighted by molar-refractivity contribution is 5.81. The molecule has 14 heavy (non-hydrogen) atoms. The standard InChI is InChI=1S/C8H8N4O2/c1-4-3-5(2)12-8(9-4)10-6(11-12)7(13)14/h3H,1-2H3,(H,13,14)/p-1. The van der Waals surface area contributed by atoms with Crippen LogP contribution in [-0.2, 0) is 0 Å². The number of fused-ring (bicyclic) bond motifs is 1. The first-order valence-electron chi connectivity index (χ1n) is 4.00. The lowest BCUT2D eigenvalue weighted by atomic mass is 10.4. The molecule has 0 aromatic carbocycles. The Hall–Kier alpha value is -1.98. The monoisotopic (exact) mass is 191 g/mol. The smallest absolute Gasteiger partial charge is 0.253 e. The number of hydrogen-bond acceptors (Lipinski definition) is 5. The Labute approximate surface area is 79.2 Å². The van der Waals surface area contributed by atoms with Crippen molar-refractivity contribution in [2.45, 2.75) is 13.8 Å². The zero-order valence-corrected chi connectivity index (χ0v) is 7.68. The van der Waals surface area contributed by atoms with Crippen molar-refractivity contribution in [1.29, 1.82) is 0 Å². The van der Waals surface area contributed by atoms with Crippen LogP contribution in [0.2, 0.25) is 0 Å². The van der Waals surface area contributed by atoms with Gasteiger partial charge in [-0.15, -0.1) is 5.10 Å². The molecule has 0 fully saturated rings. The Morgan fingerprint density at radius 2 is 2.14 bits per heavy atom. The third-order valence-electron chi connectivity index (χ3n) is 1.80. The number of carboxylic acids is 1. The van der Waals surface area contributed by atoms with Gasteiger partial charge in [-0.3, -0.25) is 0 Å². The number of carbonyl (C=O) groups is 1. The molecule has 0 aliphatic heterocycles. The van der Waals surface area contributed by atoms with E-state index in [1.807, 2.05) is 0 Å². The quantitative estimate of drug-likeness (QED) is 0.583. The average molecular weight is 191 g/mol. The molecule has 0 atom stereocenters. The zero-order chi connectivity index (χ0) is 10.3. The van der Waals surface area contributed by atoms with E-state index in [0.717, 1.165) is 11.4 Å². The van der Waals surface area contributed by atoms with Gasteiger partial charge in [0.15, 0.2) is 5.82 Å². The van der Waals surface area contributed by atoms with E-state index in [4.69, 9.17) is 0 Å². The van der Waals surface area contributed by atoms with Gasteiger partial charge >= 0.3 is 0 Å². The summed E-state index contributed by atoms with van der Waals surface area (Å²) in [6.45, 7) is 3.61. The van der Waals surface area contributed by atoms with Crippen LogP contribution >= 0.6 is 0 Å². The summed E-state index contributed by atoms with van der Waals surface area (Å²) in [6.07, 6.45) is 0. The fourth-order valence-electron chi connectivity index (χ4n) is 1.25. The van der Waals surface area contributed by atoms with Gasteiger partial charge < -0.3 is 9.90 Å². The summed E-state index contributed by atoms with van der Waals surface area (Å²) in [5, 5.41) is 14.2. The van der Waals surface area contributed by atoms with Gasteiger partial charge in [-0.25, -0.2) is 9.50 Å². The van der Waals surface area contributed by atoms with Crippen molar-refractivity contribution < 1.29 is 9.90 Å². The van der Waals surface area contributed by atoms with E-state index in [9.17, 15) is 9.90 Å². The van der Waals surface area contributed by atoms with Gasteiger partial charge in [0.2, 0.25) is 0 Å². The lowest BCUT2D eigenvalue weighted by Crippen LogP contribution is -2.23. The minimum atomic E-state index is -1.40. The first kappa shape index (κ1) is 8.61. The fraction of sp³-hybridized carbons (Fsp3) is 0.250. The SMILES string of the molecule is Cc1cc(C)n2nc(C(=O)[O-])nc2n1. The van der Waals surface area contributed by atoms with Crippen molar-refractivity contribution in [3.63, 3.8) is 0 Å². The molecule has 0 aliphatic carbocycles. The van der Waals surface area contributed by atoms with Crippen molar-refractivity contribution in [3.05, 3.63) is 23.3 Å². The molecule has 0 N–H and O–H groups in total. The molecule has 2 heterocycles. The second kappa shape index (κ2) is 2.76. The van der Waals surface area contributed by atoms with E-state index in [1.54, 1.807) is 19.9 Å². The first-order valence-corrected chi connectivity index (χ1v) is 4.00. The van der Waals surface area contributed by atoms with Gasteiger partial charge in [0.1, 0.15) is 5.97 Å². The third kappa shape index (κ3) is 1.20. The Morgan fingerprint density at radius 3 is 2.79 bits per heavy atom. The van der Waals surface area contributed by atoms with Crippen molar-refractivity contribution in [2.75, 3.05) is 0 Å². The molecule has 0 amide bonds. The van der Waals surface area contributed by atoms with E-state index < -0.39 is 5.97 Å². The maximum absolute atomic E-state index is 10.5. The van der Waals surface area contributed by atoms with Crippen LogP contribution in [0.3, 0.4) is 0 Å². The summed E-state index contributed by atoms with van der Waals surface area (Å²) < 4.78 is 1.37. The number of aryl methyl sites for hydroxylation is 2. The predicted octanol–water partition coefficient (Wildman–Crippen LogP) is -0.895. The minimum Gasteiger partial charge on any atom is -0.541 e. The summed E-state index contributed by atoms with van der Waals surface area (Å²) in [4.78, 5) is 18.2. The van der Waals surface area contributed by atoms with Crippen LogP contribution < -0.4 is 5.11 Å². The highest BCUT2D eigenvalue weighted by Crippen LogP contribution is 2.04. The second-order valence-corrected chi connectivity index (χ2v) is 2.97. The molecule has 0 bridgehead atoms. The number of aromatic carboxylic acids is 1. The fourth-order valence-corrected chi connectivity index (χ4v) is 1.25. The van der Waals surface area contributed by atoms with Gasteiger partial charge in [0.25, 0.3) is 5.78 Å². The number of carbonyl (C=O) groups excluding carboxylic acids is 1. The summed E-state index contributed by atoms with van der Waals surface area (Å²) in [5.41, 5.74) is 1.56. The molecule has 2 aromatic heterocycles. The van der Waals surface area contributed by atoms with Crippen LogP contribution in [0, 0.1) is 13.8 Å². The molecule has 2 rings (SSSR count). The Morgan fingerprint density at radius 1 is 1.43 bits per heavy atom. The van der Waals surface area contributed by atoms with Crippen LogP contribution in [0.4, 0.5) is 0 Å². The number of hydrogen-bond donors (Lipinski definition) is 0. The Kier molecular flexibility index (Phi) is 1.70. The predicted molar refractivity (Wildman–Crippen MR) is 44.6 cm³/mol. The molecule has 0 radical (unpaired) electrons. The zero-order valence-electron chi connectivity index (χ0n) is 7.68. The van der Waals surface area contributed by atoms with Gasteiger partial charge in [-0.2, -0.15) is 4.98 Å². The molecule has 6 nitrogen and oxygen atoms in total. The molecular formula is C8H7N4O2-. The van der Waals surface area contributed by atoms with Crippen LogP contribution in [0.25, 0.3) is 5.78 Å². The molecule has 0 saturated carbocycles. The maximum Gasteiger partial charge on any atom is 0.253 e. The van der Waals surface area contributed by atoms with Gasteiger partial charge in [-0.05, 0) is 19.9 Å². The Balaban J connectivity index is 2.76. The normalized spacial score (nSPS) is 10.7. The largest absolute Gasteiger partial charge is 0.541 e. The summed E-state index contributed by atoms with van der Waals surface area (Å²) in [5.74, 6) is -1.46. The van der Waals surface area contributed by atoms with Crippen LogP contribution in [0.5, 0.6) is 0 Å². The molecule has 0 saturated heterocycles. The summed E-state index contributed by atoms with van der Waals surface area (Å²) >= 11 is 0. The highest BCUT2D eigenvalue weighted by Gasteiger charge is 2.07. The average Bonchev–Trinajstić information content (AvgIpc) is 2.47. The van der Waals surface area contributed by atoms with E-state index >= 15 is 0 Å². The molecule has 0 aliphatic rings. The first-order chi connectivity index (χ1) is 6.58. The second-order valence-electron chi connectivity index (χ2n) is 2.97. The Bertz CT molecular complexity index is 517. The lowest BCUT2D eigenvalue weighted by Gasteiger charge is -1.97. The third-order valence-corrected chi connectivity index (χ3v) is 1.80. The van der Waals surface area contributed by atoms with Crippen LogP contribution in [-0.4, -0.2) is 25.6 Å². The summed E-state index contributed by atoms with van der Waals surface area (Å²) in [7, 11) is 0. The number of rotatable bonds is 1. The minimum absolute atomic E-state index is 0.279. The van der Waals surface area contributed by atoms with Crippen LogP contribution in [0.15, 0.2) is 6.07 Å². The summed E-state index contributed by atoms with van der Waals surface area (Å²) in [6, 6.07) is 1.79. The van der Waals surface area contributed by atoms with Crippen molar-refractivity contribution in [1.82, 2.24) is 19.6 Å². The van der Waals surface area contributed by atoms with E-state index in [-0.39, 0.29) is 11.6 Å². The number of aromatic nitrogens is 4. The van der Waals surface area contributed by atoms with Gasteiger partial charge in [-0.1, -0.05) is 0 Å². The molecule has 6 heteroatoms. The molecule has 72 valence electrons. The maximum atomic E-state index is 10.5. The number of carboxylic acid groups (broad SMARTS) is 1. The van der Waals surface area contributed by atoms with E-state index in [1.165, 1.54) is 4.52 Å². The van der Waals surface area contributed by atoms with E-state index in [0.29, 0.717) is 0 Å². The molecule has 0 spiro atoms. The lowest BCUT2D eigenvalue weighted by molar-refractivity contribution is -0.256. The molecular weight excluding hydrogens is 184 g/mol. The molecule has 2 aromatic rings. The van der Waals surface area contributed by atoms with Crippen LogP contribution in [0.1, 0.15) is 22.0 Å².